The van der Waals surface area contributed by atoms with E-state index in [0.29, 0.717) is 22.2 Å². The van der Waals surface area contributed by atoms with E-state index in [1.807, 2.05) is 6.07 Å². The van der Waals surface area contributed by atoms with Crippen LogP contribution >= 0.6 is 23.3 Å². The van der Waals surface area contributed by atoms with E-state index in [1.165, 1.54) is 0 Å². The maximum absolute atomic E-state index is 6.17. The highest BCUT2D eigenvalue weighted by molar-refractivity contribution is 7.00. The van der Waals surface area contributed by atoms with Gasteiger partial charge in [-0.25, -0.2) is 4.98 Å². The lowest BCUT2D eigenvalue weighted by atomic mass is 10.2. The molecule has 3 N–H and O–H groups in total. The largest absolute Gasteiger partial charge is 0.396 e. The number of nitrogens with one attached hydrogen (secondary N) is 1. The Morgan fingerprint density at radius 1 is 1.22 bits per heavy atom. The fraction of sp³-hybridized carbons (Fsp3) is 0. The van der Waals surface area contributed by atoms with Gasteiger partial charge in [-0.2, -0.15) is 8.75 Å². The van der Waals surface area contributed by atoms with Gasteiger partial charge in [0.25, 0.3) is 0 Å². The molecule has 0 radical (unpaired) electrons. The lowest BCUT2D eigenvalue weighted by molar-refractivity contribution is 1.31. The number of anilines is 3. The van der Waals surface area contributed by atoms with Crippen LogP contribution in [0.4, 0.5) is 17.2 Å². The molecule has 0 aliphatic carbocycles. The normalized spacial score (nSPS) is 10.7. The van der Waals surface area contributed by atoms with E-state index in [9.17, 15) is 0 Å². The zero-order valence-electron chi connectivity index (χ0n) is 9.09. The Balaban J connectivity index is 2.12. The number of nitrogens with zero attached hydrogens (tertiary/aromatic N) is 3. The van der Waals surface area contributed by atoms with E-state index in [1.54, 1.807) is 24.4 Å². The van der Waals surface area contributed by atoms with E-state index >= 15 is 0 Å². The lowest BCUT2D eigenvalue weighted by Gasteiger charge is -2.09. The fourth-order valence-corrected chi connectivity index (χ4v) is 2.33. The van der Waals surface area contributed by atoms with E-state index in [4.69, 9.17) is 17.3 Å². The highest BCUT2D eigenvalue weighted by atomic mass is 35.5. The minimum atomic E-state index is 0.550. The van der Waals surface area contributed by atoms with Crippen molar-refractivity contribution in [1.29, 1.82) is 0 Å². The predicted molar refractivity (Wildman–Crippen MR) is 74.4 cm³/mol. The number of hydrogen-bond acceptors (Lipinski definition) is 6. The second-order valence-corrected chi connectivity index (χ2v) is 4.56. The molecule has 7 heteroatoms. The number of hydrogen-bond donors (Lipinski definition) is 2. The Morgan fingerprint density at radius 2 is 2.11 bits per heavy atom. The SMILES string of the molecule is Nc1cccnc1Nc1c(Cl)ccc2nsnc12. The maximum Gasteiger partial charge on any atom is 0.153 e. The molecule has 0 saturated carbocycles. The molecule has 0 atom stereocenters. The second-order valence-electron chi connectivity index (χ2n) is 3.62. The molecule has 90 valence electrons. The van der Waals surface area contributed by atoms with Gasteiger partial charge >= 0.3 is 0 Å². The minimum Gasteiger partial charge on any atom is -0.396 e. The van der Waals surface area contributed by atoms with Crippen LogP contribution in [-0.4, -0.2) is 13.7 Å². The number of pyridine rings is 1. The highest BCUT2D eigenvalue weighted by Crippen LogP contribution is 2.33. The molecule has 3 aromatic rings. The van der Waals surface area contributed by atoms with Gasteiger partial charge < -0.3 is 11.1 Å². The molecule has 2 aromatic heterocycles. The van der Waals surface area contributed by atoms with Crippen LogP contribution in [0.15, 0.2) is 30.5 Å². The van der Waals surface area contributed by atoms with Crippen molar-refractivity contribution in [3.05, 3.63) is 35.5 Å². The van der Waals surface area contributed by atoms with Gasteiger partial charge in [0, 0.05) is 6.20 Å². The summed E-state index contributed by atoms with van der Waals surface area (Å²) in [7, 11) is 0. The van der Waals surface area contributed by atoms with Gasteiger partial charge in [-0.15, -0.1) is 0 Å². The first-order valence-corrected chi connectivity index (χ1v) is 6.25. The molecular formula is C11H8ClN5S. The third-order valence-electron chi connectivity index (χ3n) is 2.46. The molecule has 1 aromatic carbocycles. The van der Waals surface area contributed by atoms with Gasteiger partial charge in [-0.3, -0.25) is 0 Å². The van der Waals surface area contributed by atoms with Crippen LogP contribution in [0.5, 0.6) is 0 Å². The van der Waals surface area contributed by atoms with Crippen molar-refractivity contribution in [3.63, 3.8) is 0 Å². The number of benzene rings is 1. The first-order chi connectivity index (χ1) is 8.75. The number of rotatable bonds is 2. The van der Waals surface area contributed by atoms with Gasteiger partial charge in [0.2, 0.25) is 0 Å². The van der Waals surface area contributed by atoms with Crippen molar-refractivity contribution in [3.8, 4) is 0 Å². The fourth-order valence-electron chi connectivity index (χ4n) is 1.59. The molecule has 5 nitrogen and oxygen atoms in total. The molecule has 0 unspecified atom stereocenters. The van der Waals surface area contributed by atoms with Crippen LogP contribution < -0.4 is 11.1 Å². The van der Waals surface area contributed by atoms with Gasteiger partial charge in [-0.1, -0.05) is 11.6 Å². The Morgan fingerprint density at radius 3 is 2.94 bits per heavy atom. The van der Waals surface area contributed by atoms with Crippen molar-refractivity contribution < 1.29 is 0 Å². The zero-order chi connectivity index (χ0) is 12.5. The summed E-state index contributed by atoms with van der Waals surface area (Å²) < 4.78 is 8.39. The molecule has 0 saturated heterocycles. The summed E-state index contributed by atoms with van der Waals surface area (Å²) in [6.07, 6.45) is 1.66. The van der Waals surface area contributed by atoms with Crippen LogP contribution in [0.1, 0.15) is 0 Å². The number of nitrogens with two attached hydrogens (primary N) is 1. The van der Waals surface area contributed by atoms with E-state index in [2.05, 4.69) is 19.0 Å². The van der Waals surface area contributed by atoms with E-state index in [-0.39, 0.29) is 0 Å². The van der Waals surface area contributed by atoms with Crippen molar-refractivity contribution in [2.24, 2.45) is 0 Å². The van der Waals surface area contributed by atoms with Crippen LogP contribution in [0.25, 0.3) is 11.0 Å². The van der Waals surface area contributed by atoms with Gasteiger partial charge in [0.1, 0.15) is 11.0 Å². The van der Waals surface area contributed by atoms with Gasteiger partial charge in [-0.05, 0) is 24.3 Å². The summed E-state index contributed by atoms with van der Waals surface area (Å²) >= 11 is 7.31. The molecule has 2 heterocycles. The van der Waals surface area contributed by atoms with Crippen LogP contribution in [0.3, 0.4) is 0 Å². The highest BCUT2D eigenvalue weighted by Gasteiger charge is 2.11. The Bertz CT molecular complexity index is 711. The third-order valence-corrected chi connectivity index (χ3v) is 3.32. The first kappa shape index (κ1) is 11.2. The standard InChI is InChI=1S/C11H8ClN5S/c12-6-3-4-8-10(17-18-16-8)9(6)15-11-7(13)2-1-5-14-11/h1-5H,13H2,(H,14,15). The molecule has 0 aliphatic rings. The topological polar surface area (TPSA) is 76.7 Å². The average molecular weight is 278 g/mol. The van der Waals surface area contributed by atoms with Crippen molar-refractivity contribution in [1.82, 2.24) is 13.7 Å². The quantitative estimate of drug-likeness (QED) is 0.753. The van der Waals surface area contributed by atoms with Crippen LogP contribution in [0, 0.1) is 0 Å². The smallest absolute Gasteiger partial charge is 0.153 e. The number of halogens is 1. The molecule has 0 fully saturated rings. The number of aromatic nitrogens is 3. The lowest BCUT2D eigenvalue weighted by Crippen LogP contribution is -1.99. The molecule has 0 amide bonds. The molecule has 0 bridgehead atoms. The molecular weight excluding hydrogens is 270 g/mol. The average Bonchev–Trinajstić information content (AvgIpc) is 2.83. The van der Waals surface area contributed by atoms with Crippen molar-refractivity contribution in [2.45, 2.75) is 0 Å². The number of nitrogen functional groups attached to an aromatic ring is 1. The molecule has 0 aliphatic heterocycles. The Kier molecular flexibility index (Phi) is 2.73. The summed E-state index contributed by atoms with van der Waals surface area (Å²) in [4.78, 5) is 4.17. The molecule has 18 heavy (non-hydrogen) atoms. The van der Waals surface area contributed by atoms with E-state index < -0.39 is 0 Å². The first-order valence-electron chi connectivity index (χ1n) is 5.14. The molecule has 3 rings (SSSR count). The van der Waals surface area contributed by atoms with Gasteiger partial charge in [0.15, 0.2) is 5.82 Å². The molecule has 0 spiro atoms. The summed E-state index contributed by atoms with van der Waals surface area (Å²) in [5.74, 6) is 0.555. The summed E-state index contributed by atoms with van der Waals surface area (Å²) in [5.41, 5.74) is 8.57. The third kappa shape index (κ3) is 1.85. The summed E-state index contributed by atoms with van der Waals surface area (Å²) in [6.45, 7) is 0. The summed E-state index contributed by atoms with van der Waals surface area (Å²) in [6, 6.07) is 7.14. The van der Waals surface area contributed by atoms with Crippen LogP contribution in [0.2, 0.25) is 5.02 Å². The summed E-state index contributed by atoms with van der Waals surface area (Å²) in [5, 5.41) is 3.66. The zero-order valence-corrected chi connectivity index (χ0v) is 10.7. The Hall–Kier alpha value is -1.92. The monoisotopic (exact) mass is 277 g/mol. The van der Waals surface area contributed by atoms with Crippen LogP contribution in [-0.2, 0) is 0 Å². The van der Waals surface area contributed by atoms with Crippen molar-refractivity contribution >= 4 is 51.6 Å². The van der Waals surface area contributed by atoms with Crippen molar-refractivity contribution in [2.75, 3.05) is 11.1 Å². The minimum absolute atomic E-state index is 0.550. The van der Waals surface area contributed by atoms with Gasteiger partial charge in [0.05, 0.1) is 28.1 Å². The Labute approximate surface area is 112 Å². The van der Waals surface area contributed by atoms with E-state index in [0.717, 1.165) is 22.8 Å². The number of fused-ring (bicyclic) bond motifs is 1. The maximum atomic E-state index is 6.17. The second kappa shape index (κ2) is 4.40. The predicted octanol–water partition coefficient (Wildman–Crippen LogP) is 3.07.